The second-order valence-electron chi connectivity index (χ2n) is 7.68. The number of halogens is 2. The number of aromatic nitrogens is 4. The van der Waals surface area contributed by atoms with Crippen molar-refractivity contribution in [1.29, 1.82) is 0 Å². The molecule has 2 aliphatic rings. The van der Waals surface area contributed by atoms with Gasteiger partial charge < -0.3 is 5.32 Å². The fraction of sp³-hybridized carbons (Fsp3) is 0.333. The zero-order valence-corrected chi connectivity index (χ0v) is 15.6. The first-order valence-electron chi connectivity index (χ1n) is 9.63. The van der Waals surface area contributed by atoms with Crippen LogP contribution in [0.15, 0.2) is 43.1 Å². The highest BCUT2D eigenvalue weighted by molar-refractivity contribution is 6.01. The average molecular weight is 395 g/mol. The summed E-state index contributed by atoms with van der Waals surface area (Å²) in [7, 11) is 0. The van der Waals surface area contributed by atoms with Crippen molar-refractivity contribution in [2.45, 2.75) is 31.6 Å². The third-order valence-corrected chi connectivity index (χ3v) is 5.62. The van der Waals surface area contributed by atoms with Gasteiger partial charge in [-0.05, 0) is 42.0 Å². The van der Waals surface area contributed by atoms with Crippen molar-refractivity contribution in [1.82, 2.24) is 24.9 Å². The number of nitrogens with one attached hydrogen (secondary N) is 1. The van der Waals surface area contributed by atoms with E-state index in [1.807, 2.05) is 24.5 Å². The van der Waals surface area contributed by atoms with E-state index in [4.69, 9.17) is 0 Å². The molecular weight excluding hydrogens is 376 g/mol. The van der Waals surface area contributed by atoms with Gasteiger partial charge in [0, 0.05) is 37.3 Å². The molecule has 8 heteroatoms. The van der Waals surface area contributed by atoms with Crippen molar-refractivity contribution >= 4 is 17.0 Å². The van der Waals surface area contributed by atoms with Crippen LogP contribution in [0.5, 0.6) is 0 Å². The van der Waals surface area contributed by atoms with Gasteiger partial charge in [0.2, 0.25) is 5.92 Å². The molecule has 0 aromatic carbocycles. The van der Waals surface area contributed by atoms with Gasteiger partial charge in [0.25, 0.3) is 5.91 Å². The number of hydrogen-bond acceptors (Lipinski definition) is 4. The molecule has 2 aliphatic carbocycles. The van der Waals surface area contributed by atoms with E-state index in [9.17, 15) is 13.6 Å². The normalized spacial score (nSPS) is 18.1. The highest BCUT2D eigenvalue weighted by Crippen LogP contribution is 2.41. The van der Waals surface area contributed by atoms with Gasteiger partial charge in [0.05, 0.1) is 23.0 Å². The number of allylic oxidation sites excluding steroid dienone is 1. The van der Waals surface area contributed by atoms with Gasteiger partial charge in [0.15, 0.2) is 0 Å². The van der Waals surface area contributed by atoms with Crippen LogP contribution in [-0.4, -0.2) is 38.0 Å². The number of amides is 1. The first-order valence-corrected chi connectivity index (χ1v) is 9.63. The van der Waals surface area contributed by atoms with Crippen LogP contribution in [0.25, 0.3) is 11.1 Å². The molecule has 0 aliphatic heterocycles. The summed E-state index contributed by atoms with van der Waals surface area (Å²) in [6.07, 6.45) is 10.3. The molecule has 0 unspecified atom stereocenters. The molecule has 3 heterocycles. The maximum Gasteiger partial charge on any atom is 0.255 e. The van der Waals surface area contributed by atoms with Gasteiger partial charge in [0.1, 0.15) is 6.33 Å². The maximum atomic E-state index is 13.0. The topological polar surface area (TPSA) is 72.2 Å². The minimum atomic E-state index is -2.58. The van der Waals surface area contributed by atoms with E-state index >= 15 is 0 Å². The zero-order valence-electron chi connectivity index (χ0n) is 15.6. The first-order chi connectivity index (χ1) is 14.0. The number of nitrogens with zero attached hydrogens (tertiary/aromatic N) is 4. The first kappa shape index (κ1) is 17.9. The third kappa shape index (κ3) is 3.28. The van der Waals surface area contributed by atoms with E-state index in [0.29, 0.717) is 11.1 Å². The fourth-order valence-corrected chi connectivity index (χ4v) is 4.10. The van der Waals surface area contributed by atoms with E-state index in [1.165, 1.54) is 6.20 Å². The number of carbonyl (C=O) groups excluding carboxylic acids is 1. The summed E-state index contributed by atoms with van der Waals surface area (Å²) < 4.78 is 27.6. The molecule has 3 aromatic heterocycles. The Morgan fingerprint density at radius 2 is 2.17 bits per heavy atom. The van der Waals surface area contributed by atoms with Gasteiger partial charge in [-0.2, -0.15) is 5.10 Å². The van der Waals surface area contributed by atoms with Crippen molar-refractivity contribution < 1.29 is 13.6 Å². The predicted molar refractivity (Wildman–Crippen MR) is 103 cm³/mol. The minimum absolute atomic E-state index is 0.165. The van der Waals surface area contributed by atoms with E-state index in [-0.39, 0.29) is 31.2 Å². The second-order valence-corrected chi connectivity index (χ2v) is 7.68. The number of rotatable bonds is 4. The third-order valence-electron chi connectivity index (χ3n) is 5.62. The van der Waals surface area contributed by atoms with Gasteiger partial charge in [-0.25, -0.2) is 23.3 Å². The lowest BCUT2D eigenvalue weighted by molar-refractivity contribution is -0.108. The molecule has 148 valence electrons. The summed E-state index contributed by atoms with van der Waals surface area (Å²) >= 11 is 0. The minimum Gasteiger partial charge on any atom is -0.352 e. The molecule has 0 saturated heterocycles. The largest absolute Gasteiger partial charge is 0.352 e. The highest BCUT2D eigenvalue weighted by Gasteiger charge is 2.45. The number of aryl methyl sites for hydroxylation is 1. The summed E-state index contributed by atoms with van der Waals surface area (Å²) in [5.41, 5.74) is 5.11. The molecule has 5 rings (SSSR count). The maximum absolute atomic E-state index is 13.0. The van der Waals surface area contributed by atoms with Gasteiger partial charge in [-0.15, -0.1) is 0 Å². The van der Waals surface area contributed by atoms with Crippen LogP contribution in [0.3, 0.4) is 0 Å². The molecule has 0 atom stereocenters. The molecule has 1 fully saturated rings. The molecule has 1 saturated carbocycles. The summed E-state index contributed by atoms with van der Waals surface area (Å²) in [5, 5.41) is 7.02. The van der Waals surface area contributed by atoms with E-state index in [0.717, 1.165) is 35.2 Å². The molecule has 6 nitrogen and oxygen atoms in total. The number of pyridine rings is 1. The Balaban J connectivity index is 1.41. The quantitative estimate of drug-likeness (QED) is 0.736. The van der Waals surface area contributed by atoms with Crippen molar-refractivity contribution in [2.24, 2.45) is 5.92 Å². The Hall–Kier alpha value is -3.16. The number of hydrogen-bond donors (Lipinski definition) is 1. The molecule has 0 radical (unpaired) electrons. The Bertz CT molecular complexity index is 1130. The van der Waals surface area contributed by atoms with Gasteiger partial charge in [-0.3, -0.25) is 4.79 Å². The van der Waals surface area contributed by atoms with Crippen LogP contribution in [0, 0.1) is 5.92 Å². The van der Waals surface area contributed by atoms with Crippen LogP contribution < -0.4 is 5.32 Å². The zero-order chi connectivity index (χ0) is 20.0. The molecule has 3 aromatic rings. The summed E-state index contributed by atoms with van der Waals surface area (Å²) in [6, 6.07) is 3.87. The van der Waals surface area contributed by atoms with Crippen LogP contribution in [0.4, 0.5) is 8.78 Å². The number of carbonyl (C=O) groups is 1. The molecule has 1 amide bonds. The summed E-state index contributed by atoms with van der Waals surface area (Å²) in [4.78, 5) is 21.1. The highest BCUT2D eigenvalue weighted by atomic mass is 19.3. The SMILES string of the molecule is O=C(NCC1CC(F)(F)C1)c1cnn2ccc(C3=CCCc4ncncc43)cc12. The Morgan fingerprint density at radius 3 is 3.00 bits per heavy atom. The van der Waals surface area contributed by atoms with Crippen molar-refractivity contribution in [3.8, 4) is 0 Å². The van der Waals surface area contributed by atoms with Gasteiger partial charge in [-0.1, -0.05) is 6.08 Å². The van der Waals surface area contributed by atoms with Crippen LogP contribution in [0.2, 0.25) is 0 Å². The lowest BCUT2D eigenvalue weighted by Crippen LogP contribution is -2.42. The van der Waals surface area contributed by atoms with Crippen LogP contribution in [-0.2, 0) is 6.42 Å². The van der Waals surface area contributed by atoms with Crippen LogP contribution >= 0.6 is 0 Å². The van der Waals surface area contributed by atoms with Crippen molar-refractivity contribution in [2.75, 3.05) is 6.54 Å². The number of fused-ring (bicyclic) bond motifs is 2. The lowest BCUT2D eigenvalue weighted by atomic mass is 9.81. The number of alkyl halides is 2. The lowest BCUT2D eigenvalue weighted by Gasteiger charge is -2.34. The molecule has 0 bridgehead atoms. The molecule has 29 heavy (non-hydrogen) atoms. The average Bonchev–Trinajstić information content (AvgIpc) is 3.13. The molecule has 0 spiro atoms. The Labute approximate surface area is 165 Å². The monoisotopic (exact) mass is 395 g/mol. The van der Waals surface area contributed by atoms with Crippen LogP contribution in [0.1, 0.15) is 46.4 Å². The summed E-state index contributed by atoms with van der Waals surface area (Å²) in [6.45, 7) is 0.251. The van der Waals surface area contributed by atoms with Crippen molar-refractivity contribution in [3.05, 3.63) is 65.5 Å². The Morgan fingerprint density at radius 1 is 1.31 bits per heavy atom. The smallest absolute Gasteiger partial charge is 0.255 e. The summed E-state index contributed by atoms with van der Waals surface area (Å²) in [5.74, 6) is -3.05. The van der Waals surface area contributed by atoms with E-state index in [1.54, 1.807) is 10.8 Å². The van der Waals surface area contributed by atoms with E-state index < -0.39 is 5.92 Å². The fourth-order valence-electron chi connectivity index (χ4n) is 4.10. The second kappa shape index (κ2) is 6.72. The predicted octanol–water partition coefficient (Wildman–Crippen LogP) is 3.28. The van der Waals surface area contributed by atoms with E-state index in [2.05, 4.69) is 26.5 Å². The Kier molecular flexibility index (Phi) is 4.15. The molecular formula is C21H19F2N5O. The van der Waals surface area contributed by atoms with Crippen molar-refractivity contribution in [3.63, 3.8) is 0 Å². The molecule has 1 N–H and O–H groups in total. The van der Waals surface area contributed by atoms with Gasteiger partial charge >= 0.3 is 0 Å². The standard InChI is InChI=1S/C21H19F2N5O/c22-21(23)7-13(8-21)9-25-20(29)17-11-27-28-5-4-14(6-19(17)28)15-2-1-3-18-16(15)10-24-12-26-18/h2,4-6,10-13H,1,3,7-9H2,(H,25,29).